The Balaban J connectivity index is 1.57. The Morgan fingerprint density at radius 3 is 2.69 bits per heavy atom. The van der Waals surface area contributed by atoms with E-state index < -0.39 is 0 Å². The van der Waals surface area contributed by atoms with Crippen LogP contribution >= 0.6 is 11.8 Å². The van der Waals surface area contributed by atoms with Crippen molar-refractivity contribution in [3.8, 4) is 0 Å². The van der Waals surface area contributed by atoms with Crippen LogP contribution in [-0.4, -0.2) is 33.6 Å². The van der Waals surface area contributed by atoms with Crippen LogP contribution in [-0.2, 0) is 17.1 Å². The summed E-state index contributed by atoms with van der Waals surface area (Å²) in [5, 5.41) is 0.528. The number of hydrogen-bond donors (Lipinski definition) is 1. The molecule has 5 nitrogen and oxygen atoms in total. The predicted octanol–water partition coefficient (Wildman–Crippen LogP) is 2.95. The molecule has 1 N–H and O–H groups in total. The molecule has 0 aliphatic heterocycles. The summed E-state index contributed by atoms with van der Waals surface area (Å²) < 4.78 is 12.9. The average Bonchev–Trinajstić information content (AvgIpc) is 2.63. The molecular formula is C19H18FN3O2S. The minimum absolute atomic E-state index is 0.0621. The van der Waals surface area contributed by atoms with Crippen molar-refractivity contribution in [3.05, 3.63) is 76.1 Å². The number of carbonyl (C=O) groups excluding carboxylic acids is 1. The van der Waals surface area contributed by atoms with Gasteiger partial charge in [-0.05, 0) is 29.8 Å². The van der Waals surface area contributed by atoms with Crippen molar-refractivity contribution in [3.63, 3.8) is 0 Å². The molecule has 2 aromatic carbocycles. The van der Waals surface area contributed by atoms with E-state index in [0.717, 1.165) is 5.56 Å². The molecule has 0 saturated heterocycles. The Bertz CT molecular complexity index is 972. The molecule has 26 heavy (non-hydrogen) atoms. The zero-order valence-electron chi connectivity index (χ0n) is 14.2. The van der Waals surface area contributed by atoms with Crippen LogP contribution in [0.3, 0.4) is 0 Å². The van der Waals surface area contributed by atoms with Crippen molar-refractivity contribution in [2.75, 3.05) is 12.8 Å². The number of benzene rings is 2. The zero-order valence-corrected chi connectivity index (χ0v) is 15.1. The molecule has 0 bridgehead atoms. The Morgan fingerprint density at radius 1 is 1.19 bits per heavy atom. The highest BCUT2D eigenvalue weighted by Crippen LogP contribution is 2.14. The highest BCUT2D eigenvalue weighted by Gasteiger charge is 2.12. The number of amides is 1. The van der Waals surface area contributed by atoms with Crippen molar-refractivity contribution in [1.29, 1.82) is 0 Å². The van der Waals surface area contributed by atoms with Gasteiger partial charge in [-0.15, -0.1) is 11.8 Å². The fourth-order valence-electron chi connectivity index (χ4n) is 2.47. The third-order valence-electron chi connectivity index (χ3n) is 3.88. The van der Waals surface area contributed by atoms with Crippen LogP contribution in [0.15, 0.2) is 53.3 Å². The van der Waals surface area contributed by atoms with Crippen LogP contribution < -0.4 is 5.56 Å². The monoisotopic (exact) mass is 371 g/mol. The van der Waals surface area contributed by atoms with Gasteiger partial charge < -0.3 is 9.88 Å². The Morgan fingerprint density at radius 2 is 1.92 bits per heavy atom. The molecule has 0 radical (unpaired) electrons. The first kappa shape index (κ1) is 18.1. The van der Waals surface area contributed by atoms with Crippen molar-refractivity contribution in [2.45, 2.75) is 12.3 Å². The van der Waals surface area contributed by atoms with Gasteiger partial charge in [0.15, 0.2) is 0 Å². The smallest absolute Gasteiger partial charge is 0.258 e. The second-order valence-electron chi connectivity index (χ2n) is 5.90. The molecule has 3 aromatic rings. The van der Waals surface area contributed by atoms with Crippen LogP contribution in [0.1, 0.15) is 11.4 Å². The van der Waals surface area contributed by atoms with E-state index in [1.807, 2.05) is 6.07 Å². The molecular weight excluding hydrogens is 353 g/mol. The normalized spacial score (nSPS) is 10.8. The number of thioether (sulfide) groups is 1. The maximum atomic E-state index is 12.9. The van der Waals surface area contributed by atoms with Gasteiger partial charge in [-0.3, -0.25) is 9.59 Å². The maximum absolute atomic E-state index is 12.9. The molecule has 0 fully saturated rings. The first-order valence-corrected chi connectivity index (χ1v) is 9.22. The summed E-state index contributed by atoms with van der Waals surface area (Å²) in [6.45, 7) is 0.232. The molecule has 0 unspecified atom stereocenters. The lowest BCUT2D eigenvalue weighted by Crippen LogP contribution is -2.29. The second-order valence-corrected chi connectivity index (χ2v) is 6.88. The Labute approximate surface area is 154 Å². The van der Waals surface area contributed by atoms with Gasteiger partial charge in [-0.1, -0.05) is 24.3 Å². The van der Waals surface area contributed by atoms with Crippen molar-refractivity contribution < 1.29 is 9.18 Å². The van der Waals surface area contributed by atoms with Gasteiger partial charge in [0.25, 0.3) is 5.56 Å². The van der Waals surface area contributed by atoms with Crippen LogP contribution in [0.2, 0.25) is 0 Å². The van der Waals surface area contributed by atoms with E-state index in [1.165, 1.54) is 28.8 Å². The van der Waals surface area contributed by atoms with Gasteiger partial charge in [0, 0.05) is 12.8 Å². The van der Waals surface area contributed by atoms with E-state index in [2.05, 4.69) is 9.97 Å². The molecule has 3 rings (SSSR count). The van der Waals surface area contributed by atoms with E-state index >= 15 is 0 Å². The van der Waals surface area contributed by atoms with Crippen LogP contribution in [0.4, 0.5) is 4.39 Å². The van der Waals surface area contributed by atoms with E-state index in [0.29, 0.717) is 28.2 Å². The molecule has 1 heterocycles. The van der Waals surface area contributed by atoms with Crippen LogP contribution in [0.5, 0.6) is 0 Å². The van der Waals surface area contributed by atoms with Crippen molar-refractivity contribution >= 4 is 28.6 Å². The fraction of sp³-hybridized carbons (Fsp3) is 0.211. The molecule has 1 aromatic heterocycles. The number of aromatic amines is 1. The van der Waals surface area contributed by atoms with E-state index in [1.54, 1.807) is 37.4 Å². The van der Waals surface area contributed by atoms with Gasteiger partial charge in [0.2, 0.25) is 5.91 Å². The molecule has 0 aliphatic rings. The number of aromatic nitrogens is 2. The van der Waals surface area contributed by atoms with Crippen molar-refractivity contribution in [1.82, 2.24) is 14.9 Å². The third-order valence-corrected chi connectivity index (χ3v) is 4.87. The molecule has 134 valence electrons. The SMILES string of the molecule is CN(Cc1nc2ccccc2c(=O)[nH]1)C(=O)CSCc1ccc(F)cc1. The number of nitrogens with zero attached hydrogens (tertiary/aromatic N) is 2. The Hall–Kier alpha value is -2.67. The lowest BCUT2D eigenvalue weighted by molar-refractivity contribution is -0.127. The molecule has 0 saturated carbocycles. The van der Waals surface area contributed by atoms with E-state index in [-0.39, 0.29) is 23.8 Å². The minimum atomic E-state index is -0.272. The number of hydrogen-bond acceptors (Lipinski definition) is 4. The highest BCUT2D eigenvalue weighted by atomic mass is 32.2. The molecule has 1 amide bonds. The lowest BCUT2D eigenvalue weighted by atomic mass is 10.2. The van der Waals surface area contributed by atoms with E-state index in [4.69, 9.17) is 0 Å². The minimum Gasteiger partial charge on any atom is -0.338 e. The fourth-order valence-corrected chi connectivity index (χ4v) is 3.39. The first-order valence-electron chi connectivity index (χ1n) is 8.07. The number of rotatable bonds is 6. The summed E-state index contributed by atoms with van der Waals surface area (Å²) in [6, 6.07) is 13.3. The molecule has 0 aliphatic carbocycles. The summed E-state index contributed by atoms with van der Waals surface area (Å²) in [5.74, 6) is 1.05. The summed E-state index contributed by atoms with van der Waals surface area (Å²) in [5.41, 5.74) is 1.36. The third kappa shape index (κ3) is 4.49. The largest absolute Gasteiger partial charge is 0.338 e. The molecule has 7 heteroatoms. The first-order chi connectivity index (χ1) is 12.5. The predicted molar refractivity (Wildman–Crippen MR) is 101 cm³/mol. The zero-order chi connectivity index (χ0) is 18.5. The number of H-pyrrole nitrogens is 1. The number of halogens is 1. The van der Waals surface area contributed by atoms with Gasteiger partial charge in [-0.2, -0.15) is 0 Å². The second kappa shape index (κ2) is 8.14. The number of para-hydroxylation sites is 1. The van der Waals surface area contributed by atoms with E-state index in [9.17, 15) is 14.0 Å². The van der Waals surface area contributed by atoms with Crippen molar-refractivity contribution in [2.24, 2.45) is 0 Å². The summed E-state index contributed by atoms with van der Waals surface area (Å²) in [4.78, 5) is 33.0. The van der Waals surface area contributed by atoms with Crippen LogP contribution in [0, 0.1) is 5.82 Å². The summed E-state index contributed by atoms with van der Waals surface area (Å²) in [7, 11) is 1.68. The highest BCUT2D eigenvalue weighted by molar-refractivity contribution is 7.99. The summed E-state index contributed by atoms with van der Waals surface area (Å²) >= 11 is 1.46. The Kier molecular flexibility index (Phi) is 5.68. The standard InChI is InChI=1S/C19H18FN3O2S/c1-23(18(24)12-26-11-13-6-8-14(20)9-7-13)10-17-21-16-5-3-2-4-15(16)19(25)22-17/h2-9H,10-12H2,1H3,(H,21,22,25). The maximum Gasteiger partial charge on any atom is 0.258 e. The van der Waals surface area contributed by atoms with Gasteiger partial charge in [0.1, 0.15) is 11.6 Å². The van der Waals surface area contributed by atoms with Gasteiger partial charge in [-0.25, -0.2) is 9.37 Å². The number of carbonyl (C=O) groups is 1. The number of nitrogens with one attached hydrogen (secondary N) is 1. The number of fused-ring (bicyclic) bond motifs is 1. The molecule has 0 atom stereocenters. The molecule has 0 spiro atoms. The lowest BCUT2D eigenvalue weighted by Gasteiger charge is -2.16. The topological polar surface area (TPSA) is 66.1 Å². The van der Waals surface area contributed by atoms with Gasteiger partial charge in [0.05, 0.1) is 23.2 Å². The van der Waals surface area contributed by atoms with Crippen LogP contribution in [0.25, 0.3) is 10.9 Å². The quantitative estimate of drug-likeness (QED) is 0.723. The van der Waals surface area contributed by atoms with Gasteiger partial charge >= 0.3 is 0 Å². The summed E-state index contributed by atoms with van der Waals surface area (Å²) in [6.07, 6.45) is 0. The average molecular weight is 371 g/mol.